The van der Waals surface area contributed by atoms with Crippen molar-refractivity contribution in [3.63, 3.8) is 0 Å². The third-order valence-corrected chi connectivity index (χ3v) is 2.61. The van der Waals surface area contributed by atoms with Gasteiger partial charge in [-0.3, -0.25) is 4.79 Å². The summed E-state index contributed by atoms with van der Waals surface area (Å²) in [5.74, 6) is 1.10. The van der Waals surface area contributed by atoms with Gasteiger partial charge in [-0.15, -0.1) is 0 Å². The highest BCUT2D eigenvalue weighted by molar-refractivity contribution is 7.98. The van der Waals surface area contributed by atoms with Crippen LogP contribution in [0.25, 0.3) is 0 Å². The summed E-state index contributed by atoms with van der Waals surface area (Å²) in [6, 6.07) is 0.472. The maximum Gasteiger partial charge on any atom is 0.237 e. The van der Waals surface area contributed by atoms with Crippen LogP contribution in [-0.2, 0) is 4.79 Å². The third kappa shape index (κ3) is 6.27. The Balaban J connectivity index is 3.82. The fourth-order valence-electron chi connectivity index (χ4n) is 1.21. The molecule has 14 heavy (non-hydrogen) atoms. The molecule has 0 saturated carbocycles. The van der Waals surface area contributed by atoms with Gasteiger partial charge < -0.3 is 10.6 Å². The summed E-state index contributed by atoms with van der Waals surface area (Å²) in [4.78, 5) is 11.5. The SMILES string of the molecule is CSCC(C)NC(C)C(=O)NC(C)C. The molecule has 0 rings (SSSR count). The first kappa shape index (κ1) is 13.8. The molecule has 1 amide bonds. The smallest absolute Gasteiger partial charge is 0.237 e. The van der Waals surface area contributed by atoms with E-state index in [9.17, 15) is 4.79 Å². The molecule has 0 fully saturated rings. The molecule has 3 nitrogen and oxygen atoms in total. The molecule has 2 atom stereocenters. The molecular weight excluding hydrogens is 196 g/mol. The summed E-state index contributed by atoms with van der Waals surface area (Å²) in [7, 11) is 0. The fraction of sp³-hybridized carbons (Fsp3) is 0.900. The average molecular weight is 218 g/mol. The molecule has 0 heterocycles. The minimum atomic E-state index is -0.112. The molecule has 84 valence electrons. The van der Waals surface area contributed by atoms with Crippen molar-refractivity contribution in [1.29, 1.82) is 0 Å². The summed E-state index contributed by atoms with van der Waals surface area (Å²) in [6.07, 6.45) is 2.07. The first-order chi connectivity index (χ1) is 6.47. The lowest BCUT2D eigenvalue weighted by molar-refractivity contribution is -0.123. The topological polar surface area (TPSA) is 41.1 Å². The van der Waals surface area contributed by atoms with Crippen molar-refractivity contribution in [2.24, 2.45) is 0 Å². The van der Waals surface area contributed by atoms with Gasteiger partial charge in [0.1, 0.15) is 0 Å². The van der Waals surface area contributed by atoms with Gasteiger partial charge in [0.25, 0.3) is 0 Å². The third-order valence-electron chi connectivity index (χ3n) is 1.78. The predicted octanol–water partition coefficient (Wildman–Crippen LogP) is 1.24. The molecular formula is C10H22N2OS. The maximum atomic E-state index is 11.5. The molecule has 0 aliphatic rings. The summed E-state index contributed by atoms with van der Waals surface area (Å²) in [6.45, 7) is 7.93. The Morgan fingerprint density at radius 1 is 1.29 bits per heavy atom. The molecule has 0 aromatic heterocycles. The molecule has 2 unspecified atom stereocenters. The quantitative estimate of drug-likeness (QED) is 0.705. The molecule has 4 heteroatoms. The molecule has 2 N–H and O–H groups in total. The molecule has 0 saturated heterocycles. The summed E-state index contributed by atoms with van der Waals surface area (Å²) in [5.41, 5.74) is 0. The van der Waals surface area contributed by atoms with Gasteiger partial charge >= 0.3 is 0 Å². The van der Waals surface area contributed by atoms with Crippen LogP contribution in [-0.4, -0.2) is 36.0 Å². The lowest BCUT2D eigenvalue weighted by Crippen LogP contribution is -2.48. The van der Waals surface area contributed by atoms with Crippen molar-refractivity contribution in [1.82, 2.24) is 10.6 Å². The molecule has 0 aliphatic carbocycles. The fourth-order valence-corrected chi connectivity index (χ4v) is 1.81. The van der Waals surface area contributed by atoms with E-state index in [1.165, 1.54) is 0 Å². The van der Waals surface area contributed by atoms with Gasteiger partial charge in [0, 0.05) is 17.8 Å². The van der Waals surface area contributed by atoms with Crippen LogP contribution in [0.15, 0.2) is 0 Å². The second-order valence-corrected chi connectivity index (χ2v) is 4.82. The summed E-state index contributed by atoms with van der Waals surface area (Å²) >= 11 is 1.78. The zero-order valence-electron chi connectivity index (χ0n) is 9.76. The Kier molecular flexibility index (Phi) is 7.01. The zero-order valence-corrected chi connectivity index (χ0v) is 10.6. The highest BCUT2D eigenvalue weighted by Crippen LogP contribution is 1.97. The molecule has 0 aliphatic heterocycles. The van der Waals surface area contributed by atoms with E-state index >= 15 is 0 Å². The summed E-state index contributed by atoms with van der Waals surface area (Å²) < 4.78 is 0. The van der Waals surface area contributed by atoms with Crippen LogP contribution in [0.3, 0.4) is 0 Å². The predicted molar refractivity (Wildman–Crippen MR) is 63.7 cm³/mol. The minimum absolute atomic E-state index is 0.0768. The average Bonchev–Trinajstić information content (AvgIpc) is 2.02. The van der Waals surface area contributed by atoms with Gasteiger partial charge in [-0.25, -0.2) is 0 Å². The zero-order chi connectivity index (χ0) is 11.1. The second kappa shape index (κ2) is 7.12. The number of amides is 1. The normalized spacial score (nSPS) is 15.3. The Labute approximate surface area is 91.4 Å². The van der Waals surface area contributed by atoms with Gasteiger partial charge in [0.05, 0.1) is 6.04 Å². The van der Waals surface area contributed by atoms with E-state index in [-0.39, 0.29) is 18.0 Å². The Bertz CT molecular complexity index is 174. The number of hydrogen-bond acceptors (Lipinski definition) is 3. The second-order valence-electron chi connectivity index (χ2n) is 3.91. The van der Waals surface area contributed by atoms with Gasteiger partial charge in [-0.1, -0.05) is 0 Å². The van der Waals surface area contributed by atoms with E-state index in [1.54, 1.807) is 11.8 Å². The molecule has 0 radical (unpaired) electrons. The summed E-state index contributed by atoms with van der Waals surface area (Å²) in [5, 5.41) is 6.13. The van der Waals surface area contributed by atoms with Crippen molar-refractivity contribution >= 4 is 17.7 Å². The van der Waals surface area contributed by atoms with E-state index in [1.807, 2.05) is 20.8 Å². The Hall–Kier alpha value is -0.220. The van der Waals surface area contributed by atoms with Crippen molar-refractivity contribution in [3.05, 3.63) is 0 Å². The van der Waals surface area contributed by atoms with Gasteiger partial charge in [-0.05, 0) is 34.0 Å². The van der Waals surface area contributed by atoms with Crippen molar-refractivity contribution in [2.45, 2.75) is 45.8 Å². The van der Waals surface area contributed by atoms with E-state index in [4.69, 9.17) is 0 Å². The van der Waals surface area contributed by atoms with Crippen molar-refractivity contribution < 1.29 is 4.79 Å². The number of carbonyl (C=O) groups is 1. The molecule has 0 aromatic rings. The van der Waals surface area contributed by atoms with Crippen molar-refractivity contribution in [3.8, 4) is 0 Å². The first-order valence-electron chi connectivity index (χ1n) is 5.02. The van der Waals surface area contributed by atoms with Crippen LogP contribution in [0, 0.1) is 0 Å². The monoisotopic (exact) mass is 218 g/mol. The van der Waals surface area contributed by atoms with Gasteiger partial charge in [-0.2, -0.15) is 11.8 Å². The highest BCUT2D eigenvalue weighted by Gasteiger charge is 2.15. The maximum absolute atomic E-state index is 11.5. The molecule has 0 aromatic carbocycles. The lowest BCUT2D eigenvalue weighted by atomic mass is 10.2. The number of carbonyl (C=O) groups excluding carboxylic acids is 1. The van der Waals surface area contributed by atoms with E-state index in [0.717, 1.165) is 5.75 Å². The lowest BCUT2D eigenvalue weighted by Gasteiger charge is -2.20. The van der Waals surface area contributed by atoms with Crippen LogP contribution in [0.5, 0.6) is 0 Å². The van der Waals surface area contributed by atoms with Crippen LogP contribution in [0.1, 0.15) is 27.7 Å². The van der Waals surface area contributed by atoms with Gasteiger partial charge in [0.2, 0.25) is 5.91 Å². The van der Waals surface area contributed by atoms with E-state index in [2.05, 4.69) is 23.8 Å². The molecule has 0 spiro atoms. The highest BCUT2D eigenvalue weighted by atomic mass is 32.2. The number of nitrogens with one attached hydrogen (secondary N) is 2. The van der Waals surface area contributed by atoms with E-state index < -0.39 is 0 Å². The number of rotatable bonds is 6. The van der Waals surface area contributed by atoms with Crippen LogP contribution in [0.4, 0.5) is 0 Å². The van der Waals surface area contributed by atoms with Crippen LogP contribution >= 0.6 is 11.8 Å². The minimum Gasteiger partial charge on any atom is -0.353 e. The largest absolute Gasteiger partial charge is 0.353 e. The first-order valence-corrected chi connectivity index (χ1v) is 6.42. The standard InChI is InChI=1S/C10H22N2OS/c1-7(2)11-10(13)9(4)12-8(3)6-14-5/h7-9,12H,6H2,1-5H3,(H,11,13). The number of hydrogen-bond donors (Lipinski definition) is 2. The van der Waals surface area contributed by atoms with E-state index in [0.29, 0.717) is 6.04 Å². The van der Waals surface area contributed by atoms with Crippen LogP contribution < -0.4 is 10.6 Å². The van der Waals surface area contributed by atoms with Gasteiger partial charge in [0.15, 0.2) is 0 Å². The Morgan fingerprint density at radius 3 is 2.29 bits per heavy atom. The Morgan fingerprint density at radius 2 is 1.86 bits per heavy atom. The number of thioether (sulfide) groups is 1. The molecule has 0 bridgehead atoms. The van der Waals surface area contributed by atoms with Crippen LogP contribution in [0.2, 0.25) is 0 Å². The van der Waals surface area contributed by atoms with Crippen molar-refractivity contribution in [2.75, 3.05) is 12.0 Å².